The maximum atomic E-state index is 13.3. The van der Waals surface area contributed by atoms with Gasteiger partial charge in [0.2, 0.25) is 17.2 Å². The van der Waals surface area contributed by atoms with E-state index in [1.807, 2.05) is 0 Å². The van der Waals surface area contributed by atoms with Gasteiger partial charge in [0, 0.05) is 12.7 Å². The molecule has 1 N–H and O–H groups in total. The molecule has 0 saturated carbocycles. The number of hydrogen-bond acceptors (Lipinski definition) is 18. The summed E-state index contributed by atoms with van der Waals surface area (Å²) in [6.07, 6.45) is 0. The molecule has 0 unspecified atom stereocenters. The number of aromatic nitrogens is 3. The minimum atomic E-state index is -5.40. The van der Waals surface area contributed by atoms with Crippen molar-refractivity contribution in [2.75, 3.05) is 17.3 Å². The molecule has 0 fully saturated rings. The molecule has 0 spiro atoms. The predicted molar refractivity (Wildman–Crippen MR) is 160 cm³/mol. The first-order chi connectivity index (χ1) is 22.3. The zero-order valence-corrected chi connectivity index (χ0v) is 37.1. The topological polar surface area (TPSA) is 296 Å². The van der Waals surface area contributed by atoms with Crippen LogP contribution in [0.5, 0.6) is 11.5 Å². The average Bonchev–Trinajstić information content (AvgIpc) is 2.99. The van der Waals surface area contributed by atoms with Gasteiger partial charge >= 0.3 is 106 Å². The van der Waals surface area contributed by atoms with Crippen molar-refractivity contribution >= 4 is 87.4 Å². The molecule has 1 heterocycles. The summed E-state index contributed by atoms with van der Waals surface area (Å²) >= 11 is 6.06. The quantitative estimate of drug-likeness (QED) is 0.0818. The third kappa shape index (κ3) is 11.3. The zero-order chi connectivity index (χ0) is 35.2. The summed E-state index contributed by atoms with van der Waals surface area (Å²) in [4.78, 5) is 10.8. The summed E-state index contributed by atoms with van der Waals surface area (Å²) in [6, 6.07) is 11.9. The van der Waals surface area contributed by atoms with Gasteiger partial charge in [-0.2, -0.15) is 20.1 Å². The van der Waals surface area contributed by atoms with Crippen LogP contribution < -0.4 is 109 Å². The fourth-order valence-electron chi connectivity index (χ4n) is 4.22. The summed E-state index contributed by atoms with van der Waals surface area (Å²) in [5.41, 5.74) is -1.63. The molecule has 5 aromatic rings. The van der Waals surface area contributed by atoms with Crippen molar-refractivity contribution in [1.29, 1.82) is 0 Å². The van der Waals surface area contributed by atoms with Crippen molar-refractivity contribution in [1.82, 2.24) is 15.0 Å². The summed E-state index contributed by atoms with van der Waals surface area (Å²) in [5.74, 6) is -2.42. The molecule has 0 bridgehead atoms. The van der Waals surface area contributed by atoms with Crippen LogP contribution in [0.3, 0.4) is 0 Å². The first-order valence-electron chi connectivity index (χ1n) is 12.7. The molecule has 0 saturated heterocycles. The van der Waals surface area contributed by atoms with Gasteiger partial charge in [0.15, 0.2) is 0 Å². The number of benzene rings is 4. The Bertz CT molecular complexity index is 2510. The van der Waals surface area contributed by atoms with E-state index in [4.69, 9.17) is 11.6 Å². The normalized spacial score (nSPS) is 11.5. The van der Waals surface area contributed by atoms with E-state index >= 15 is 0 Å². The molecule has 0 aliphatic rings. The molecule has 1 aromatic heterocycles. The number of rotatable bonds is 9. The molecule has 18 nitrogen and oxygen atoms in total. The second-order valence-electron chi connectivity index (χ2n) is 9.56. The molecule has 1 radical (unpaired) electrons. The van der Waals surface area contributed by atoms with Crippen molar-refractivity contribution in [3.63, 3.8) is 0 Å². The van der Waals surface area contributed by atoms with E-state index in [2.05, 4.69) is 30.5 Å². The Labute approximate surface area is 378 Å². The van der Waals surface area contributed by atoms with E-state index in [1.54, 1.807) is 0 Å². The average molecular weight is 866 g/mol. The van der Waals surface area contributed by atoms with E-state index in [-0.39, 0.29) is 145 Å². The maximum absolute atomic E-state index is 13.3. The standard InChI is InChI=1S/C26H20ClN7O11S3.Cu.3Na/c1-34(26-30-24(27)29-25(31-26)28-17-4-2-3-5-20(17)47(40,41)42)14-6-8-16-13(10-14)11-21(48(43,44)45)22(23(16)36)33-32-18-12-15(46(37,38)39)7-9-19(18)35;;;;/h2-12,35-36H,1H3,(H,37,38,39)(H,40,41,42)(H,43,44,45)(H,28,29,30,31);;;;/q;+2;3*+1/p-5. The first-order valence-corrected chi connectivity index (χ1v) is 17.3. The summed E-state index contributed by atoms with van der Waals surface area (Å²) in [6.45, 7) is 0. The first kappa shape index (κ1) is 48.5. The van der Waals surface area contributed by atoms with Crippen LogP contribution >= 0.6 is 11.6 Å². The third-order valence-corrected chi connectivity index (χ3v) is 9.19. The summed E-state index contributed by atoms with van der Waals surface area (Å²) in [7, 11) is -13.8. The number of para-hydroxylation sites is 1. The molecule has 0 amide bonds. The number of hydrogen-bond donors (Lipinski definition) is 1. The van der Waals surface area contributed by atoms with Crippen LogP contribution in [0.1, 0.15) is 0 Å². The predicted octanol–water partition coefficient (Wildman–Crippen LogP) is -6.53. The minimum Gasteiger partial charge on any atom is -0.871 e. The van der Waals surface area contributed by atoms with Gasteiger partial charge in [-0.15, -0.1) is 5.11 Å². The van der Waals surface area contributed by atoms with E-state index < -0.39 is 67.9 Å². The van der Waals surface area contributed by atoms with Gasteiger partial charge in [-0.25, -0.2) is 25.3 Å². The Morgan fingerprint density at radius 1 is 0.750 bits per heavy atom. The summed E-state index contributed by atoms with van der Waals surface area (Å²) < 4.78 is 105. The van der Waals surface area contributed by atoms with E-state index in [0.717, 1.165) is 18.2 Å². The Hall–Kier alpha value is -1.51. The van der Waals surface area contributed by atoms with Crippen molar-refractivity contribution < 1.29 is 155 Å². The largest absolute Gasteiger partial charge is 2.00 e. The third-order valence-electron chi connectivity index (χ3n) is 6.45. The van der Waals surface area contributed by atoms with Gasteiger partial charge < -0.3 is 34.1 Å². The van der Waals surface area contributed by atoms with Gasteiger partial charge in [-0.05, 0) is 64.8 Å². The molecular weight excluding hydrogens is 850 g/mol. The van der Waals surface area contributed by atoms with Crippen LogP contribution in [0.25, 0.3) is 10.8 Å². The van der Waals surface area contributed by atoms with Gasteiger partial charge in [-0.3, -0.25) is 0 Å². The molecule has 0 atom stereocenters. The van der Waals surface area contributed by atoms with E-state index in [1.165, 1.54) is 48.3 Å². The zero-order valence-electron chi connectivity index (χ0n) is 26.9. The molecule has 0 aliphatic carbocycles. The molecule has 5 rings (SSSR count). The van der Waals surface area contributed by atoms with Gasteiger partial charge in [-0.1, -0.05) is 35.8 Å². The fourth-order valence-corrected chi connectivity index (χ4v) is 6.14. The Kier molecular flexibility index (Phi) is 17.6. The molecule has 0 aliphatic heterocycles. The molecule has 4 aromatic carbocycles. The number of nitrogens with one attached hydrogen (secondary N) is 1. The van der Waals surface area contributed by atoms with Crippen molar-refractivity contribution in [3.05, 3.63) is 72.0 Å². The van der Waals surface area contributed by atoms with Gasteiger partial charge in [0.1, 0.15) is 30.4 Å². The van der Waals surface area contributed by atoms with Crippen molar-refractivity contribution in [3.8, 4) is 11.5 Å². The fraction of sp³-hybridized carbons (Fsp3) is 0.0385. The van der Waals surface area contributed by atoms with Crippen molar-refractivity contribution in [2.45, 2.75) is 14.7 Å². The minimum absolute atomic E-state index is 0. The summed E-state index contributed by atoms with van der Waals surface area (Å²) in [5, 5.41) is 34.4. The van der Waals surface area contributed by atoms with Crippen LogP contribution in [-0.4, -0.2) is 60.9 Å². The van der Waals surface area contributed by atoms with Crippen LogP contribution in [0, 0.1) is 0 Å². The van der Waals surface area contributed by atoms with Gasteiger partial charge in [0.25, 0.3) is 0 Å². The Morgan fingerprint density at radius 2 is 1.38 bits per heavy atom. The van der Waals surface area contributed by atoms with E-state index in [9.17, 15) is 49.1 Å². The second-order valence-corrected chi connectivity index (χ2v) is 14.0. The van der Waals surface area contributed by atoms with E-state index in [0.29, 0.717) is 12.1 Å². The number of azo groups is 1. The molecule has 52 heavy (non-hydrogen) atoms. The number of nitrogens with zero attached hydrogens (tertiary/aromatic N) is 6. The second kappa shape index (κ2) is 18.9. The Balaban J connectivity index is 0.00000338. The van der Waals surface area contributed by atoms with Gasteiger partial charge in [0.05, 0.1) is 31.7 Å². The Morgan fingerprint density at radius 3 is 2.00 bits per heavy atom. The monoisotopic (exact) mass is 864 g/mol. The molecular formula is C26H15ClCuN7Na3O11S3. The SMILES string of the molecule is CN(c1ccc2c([O-])c(N=Nc3cc(S(=O)(=O)[O-])ccc3[O-])c(S(=O)(=O)[O-])cc2c1)c1nc(Cl)nc(Nc2ccccc2S(=O)(=O)[O-])n1.[Cu+2].[Na+].[Na+].[Na+]. The molecule has 259 valence electrons. The van der Waals surface area contributed by atoms with Crippen LogP contribution in [-0.2, 0) is 47.4 Å². The smallest absolute Gasteiger partial charge is 0.871 e. The molecule has 26 heteroatoms. The number of anilines is 4. The number of halogens is 1. The van der Waals surface area contributed by atoms with Crippen LogP contribution in [0.2, 0.25) is 5.28 Å². The number of fused-ring (bicyclic) bond motifs is 1. The maximum Gasteiger partial charge on any atom is 2.00 e. The van der Waals surface area contributed by atoms with Crippen molar-refractivity contribution in [2.24, 2.45) is 10.2 Å². The van der Waals surface area contributed by atoms with Crippen LogP contribution in [0.15, 0.2) is 91.6 Å². The van der Waals surface area contributed by atoms with Crippen LogP contribution in [0.4, 0.5) is 34.6 Å².